The third-order valence-electron chi connectivity index (χ3n) is 6.49. The van der Waals surface area contributed by atoms with Crippen molar-refractivity contribution in [3.05, 3.63) is 95.3 Å². The molecule has 0 fully saturated rings. The average molecular weight is 567 g/mol. The number of H-pyrrole nitrogens is 2. The van der Waals surface area contributed by atoms with E-state index in [9.17, 15) is 19.2 Å². The van der Waals surface area contributed by atoms with Crippen molar-refractivity contribution in [3.63, 3.8) is 0 Å². The summed E-state index contributed by atoms with van der Waals surface area (Å²) in [5.74, 6) is -1.31. The van der Waals surface area contributed by atoms with Crippen molar-refractivity contribution in [2.45, 2.75) is 0 Å². The number of aromatic nitrogens is 2. The lowest BCUT2D eigenvalue weighted by molar-refractivity contribution is 0.0942. The summed E-state index contributed by atoms with van der Waals surface area (Å²) in [6.45, 7) is 1.41. The lowest BCUT2D eigenvalue weighted by atomic mass is 10.1. The molecule has 0 bridgehead atoms. The number of carbonyl (C=O) groups is 4. The molecule has 12 heteroatoms. The summed E-state index contributed by atoms with van der Waals surface area (Å²) in [5.41, 5.74) is 14.8. The molecule has 0 radical (unpaired) electrons. The van der Waals surface area contributed by atoms with Crippen molar-refractivity contribution in [3.8, 4) is 0 Å². The van der Waals surface area contributed by atoms with Crippen LogP contribution in [0.1, 0.15) is 41.7 Å². The molecule has 0 saturated heterocycles. The van der Waals surface area contributed by atoms with Gasteiger partial charge in [-0.2, -0.15) is 0 Å². The minimum atomic E-state index is -0.394. The third-order valence-corrected chi connectivity index (χ3v) is 6.49. The molecule has 42 heavy (non-hydrogen) atoms. The topological polar surface area (TPSA) is 200 Å². The third kappa shape index (κ3) is 6.30. The number of rotatable bonds is 10. The molecule has 4 amide bonds. The number of fused-ring (bicyclic) bond motifs is 2. The van der Waals surface area contributed by atoms with E-state index in [-0.39, 0.29) is 11.8 Å². The predicted molar refractivity (Wildman–Crippen MR) is 162 cm³/mol. The highest BCUT2D eigenvalue weighted by Crippen LogP contribution is 2.23. The van der Waals surface area contributed by atoms with Crippen LogP contribution in [0.4, 0.5) is 11.4 Å². The summed E-state index contributed by atoms with van der Waals surface area (Å²) in [5, 5.41) is 12.6. The van der Waals surface area contributed by atoms with E-state index in [4.69, 9.17) is 11.5 Å². The number of benzene rings is 3. The molecule has 0 spiro atoms. The van der Waals surface area contributed by atoms with Crippen LogP contribution in [0.3, 0.4) is 0 Å². The van der Waals surface area contributed by atoms with Crippen LogP contribution in [-0.4, -0.2) is 59.8 Å². The first kappa shape index (κ1) is 28.1. The fourth-order valence-corrected chi connectivity index (χ4v) is 4.44. The van der Waals surface area contributed by atoms with Crippen molar-refractivity contribution in [2.24, 2.45) is 11.5 Å². The smallest absolute Gasteiger partial charge is 0.267 e. The van der Waals surface area contributed by atoms with Gasteiger partial charge in [-0.1, -0.05) is 6.07 Å². The van der Waals surface area contributed by atoms with Gasteiger partial charge in [0.25, 0.3) is 23.6 Å². The standard InChI is InChI=1S/C30H30N8O4/c31-8-10-33-29(41)25-15-19-13-21(4-6-23(19)37-25)35-27(39)17-2-1-3-18(12-17)28(40)36-22-5-7-24-20(14-22)16-26(38-24)30(42)34-11-9-32/h1-7,12-16,37-38H,8-11,31-32H2,(H,33,41)(H,34,42)(H,35,39)(H,36,40). The summed E-state index contributed by atoms with van der Waals surface area (Å²) in [7, 11) is 0. The van der Waals surface area contributed by atoms with Gasteiger partial charge in [0.2, 0.25) is 0 Å². The summed E-state index contributed by atoms with van der Waals surface area (Å²) >= 11 is 0. The Labute approximate surface area is 240 Å². The number of anilines is 2. The molecule has 0 atom stereocenters. The maximum Gasteiger partial charge on any atom is 0.267 e. The molecule has 12 nitrogen and oxygen atoms in total. The minimum absolute atomic E-state index is 0.263. The Hall–Kier alpha value is -5.46. The minimum Gasteiger partial charge on any atom is -0.351 e. The Bertz CT molecular complexity index is 1680. The van der Waals surface area contributed by atoms with Gasteiger partial charge in [0.15, 0.2) is 0 Å². The molecule has 5 rings (SSSR count). The van der Waals surface area contributed by atoms with Gasteiger partial charge in [-0.3, -0.25) is 19.2 Å². The van der Waals surface area contributed by atoms with Crippen molar-refractivity contribution in [1.29, 1.82) is 0 Å². The van der Waals surface area contributed by atoms with Crippen molar-refractivity contribution in [1.82, 2.24) is 20.6 Å². The fourth-order valence-electron chi connectivity index (χ4n) is 4.44. The van der Waals surface area contributed by atoms with Gasteiger partial charge >= 0.3 is 0 Å². The Balaban J connectivity index is 1.26. The molecular weight excluding hydrogens is 536 g/mol. The zero-order chi connectivity index (χ0) is 29.6. The largest absolute Gasteiger partial charge is 0.351 e. The zero-order valence-corrected chi connectivity index (χ0v) is 22.5. The number of carbonyl (C=O) groups excluding carboxylic acids is 4. The number of aromatic amines is 2. The highest BCUT2D eigenvalue weighted by Gasteiger charge is 2.14. The maximum atomic E-state index is 13.0. The van der Waals surface area contributed by atoms with E-state index in [0.717, 1.165) is 21.8 Å². The lowest BCUT2D eigenvalue weighted by Crippen LogP contribution is -2.29. The van der Waals surface area contributed by atoms with Crippen LogP contribution >= 0.6 is 0 Å². The predicted octanol–water partition coefficient (Wildman–Crippen LogP) is 2.53. The highest BCUT2D eigenvalue weighted by atomic mass is 16.2. The van der Waals surface area contributed by atoms with E-state index < -0.39 is 11.8 Å². The molecule has 0 unspecified atom stereocenters. The molecule has 2 aromatic heterocycles. The highest BCUT2D eigenvalue weighted by molar-refractivity contribution is 6.10. The van der Waals surface area contributed by atoms with Crippen LogP contribution in [0, 0.1) is 0 Å². The van der Waals surface area contributed by atoms with E-state index in [2.05, 4.69) is 31.2 Å². The molecule has 2 heterocycles. The van der Waals surface area contributed by atoms with E-state index in [1.54, 1.807) is 66.7 Å². The fraction of sp³-hybridized carbons (Fsp3) is 0.133. The molecule has 0 aliphatic heterocycles. The number of nitrogens with one attached hydrogen (secondary N) is 6. The van der Waals surface area contributed by atoms with Gasteiger partial charge < -0.3 is 42.7 Å². The first-order valence-electron chi connectivity index (χ1n) is 13.3. The Kier molecular flexibility index (Phi) is 8.27. The Morgan fingerprint density at radius 1 is 0.571 bits per heavy atom. The summed E-state index contributed by atoms with van der Waals surface area (Å²) in [4.78, 5) is 56.6. The molecule has 0 saturated carbocycles. The maximum absolute atomic E-state index is 13.0. The number of amides is 4. The van der Waals surface area contributed by atoms with E-state index in [1.807, 2.05) is 0 Å². The van der Waals surface area contributed by atoms with Gasteiger partial charge in [-0.25, -0.2) is 0 Å². The molecule has 5 aromatic rings. The van der Waals surface area contributed by atoms with Gasteiger partial charge in [-0.15, -0.1) is 0 Å². The Morgan fingerprint density at radius 3 is 1.45 bits per heavy atom. The molecule has 10 N–H and O–H groups in total. The normalized spacial score (nSPS) is 10.9. The molecule has 0 aliphatic carbocycles. The van der Waals surface area contributed by atoms with E-state index in [1.165, 1.54) is 6.07 Å². The van der Waals surface area contributed by atoms with Gasteiger partial charge in [-0.05, 0) is 66.7 Å². The molecule has 214 valence electrons. The second kappa shape index (κ2) is 12.4. The molecule has 3 aromatic carbocycles. The zero-order valence-electron chi connectivity index (χ0n) is 22.5. The van der Waals surface area contributed by atoms with Crippen LogP contribution in [0.25, 0.3) is 21.8 Å². The lowest BCUT2D eigenvalue weighted by Gasteiger charge is -2.09. The average Bonchev–Trinajstić information content (AvgIpc) is 3.62. The summed E-state index contributed by atoms with van der Waals surface area (Å²) < 4.78 is 0. The number of hydrogen-bond donors (Lipinski definition) is 8. The first-order chi connectivity index (χ1) is 20.3. The van der Waals surface area contributed by atoms with E-state index in [0.29, 0.717) is 60.1 Å². The van der Waals surface area contributed by atoms with Crippen molar-refractivity contribution < 1.29 is 19.2 Å². The second-order valence-corrected chi connectivity index (χ2v) is 9.55. The first-order valence-corrected chi connectivity index (χ1v) is 13.3. The molecule has 0 aliphatic rings. The van der Waals surface area contributed by atoms with E-state index >= 15 is 0 Å². The monoisotopic (exact) mass is 566 g/mol. The quantitative estimate of drug-likeness (QED) is 0.128. The van der Waals surface area contributed by atoms with Crippen LogP contribution in [-0.2, 0) is 0 Å². The Morgan fingerprint density at radius 2 is 1.02 bits per heavy atom. The van der Waals surface area contributed by atoms with Gasteiger partial charge in [0.05, 0.1) is 0 Å². The van der Waals surface area contributed by atoms with Crippen molar-refractivity contribution >= 4 is 56.8 Å². The SMILES string of the molecule is NCCNC(=O)c1cc2cc(NC(=O)c3cccc(C(=O)Nc4ccc5[nH]c(C(=O)NCCN)cc5c4)c3)ccc2[nH]1. The van der Waals surface area contributed by atoms with Crippen molar-refractivity contribution in [2.75, 3.05) is 36.8 Å². The van der Waals surface area contributed by atoms with Crippen LogP contribution in [0.2, 0.25) is 0 Å². The van der Waals surface area contributed by atoms with Crippen LogP contribution in [0.15, 0.2) is 72.8 Å². The van der Waals surface area contributed by atoms with Crippen LogP contribution in [0.5, 0.6) is 0 Å². The second-order valence-electron chi connectivity index (χ2n) is 9.55. The number of hydrogen-bond acceptors (Lipinski definition) is 6. The van der Waals surface area contributed by atoms with Gasteiger partial charge in [0, 0.05) is 70.5 Å². The summed E-state index contributed by atoms with van der Waals surface area (Å²) in [6.07, 6.45) is 0. The van der Waals surface area contributed by atoms with Gasteiger partial charge in [0.1, 0.15) is 11.4 Å². The summed E-state index contributed by atoms with van der Waals surface area (Å²) in [6, 6.07) is 20.3. The number of nitrogens with two attached hydrogens (primary N) is 2. The molecular formula is C30H30N8O4. The van der Waals surface area contributed by atoms with Crippen LogP contribution < -0.4 is 32.7 Å².